The number of nitrogens with zero attached hydrogens (tertiary/aromatic N) is 1. The summed E-state index contributed by atoms with van der Waals surface area (Å²) in [7, 11) is 0. The van der Waals surface area contributed by atoms with E-state index in [9.17, 15) is 4.79 Å². The van der Waals surface area contributed by atoms with Crippen LogP contribution < -0.4 is 5.32 Å². The van der Waals surface area contributed by atoms with Crippen molar-refractivity contribution in [2.45, 2.75) is 6.04 Å². The van der Waals surface area contributed by atoms with E-state index in [1.165, 1.54) is 0 Å². The van der Waals surface area contributed by atoms with E-state index in [0.29, 0.717) is 11.3 Å². The van der Waals surface area contributed by atoms with Gasteiger partial charge in [0.15, 0.2) is 0 Å². The van der Waals surface area contributed by atoms with Gasteiger partial charge in [-0.05, 0) is 29.8 Å². The van der Waals surface area contributed by atoms with E-state index >= 15 is 0 Å². The molecular formula is C21H16N2O2. The molecule has 2 aromatic carbocycles. The van der Waals surface area contributed by atoms with Crippen LogP contribution in [0.5, 0.6) is 0 Å². The molecule has 0 bridgehead atoms. The normalized spacial score (nSPS) is 12.0. The Hall–Kier alpha value is -3.40. The van der Waals surface area contributed by atoms with Crippen LogP contribution in [0.3, 0.4) is 0 Å². The van der Waals surface area contributed by atoms with Crippen LogP contribution in [-0.2, 0) is 0 Å². The summed E-state index contributed by atoms with van der Waals surface area (Å²) in [5.41, 5.74) is 2.27. The molecule has 0 saturated heterocycles. The Bertz CT molecular complexity index is 961. The van der Waals surface area contributed by atoms with E-state index in [-0.39, 0.29) is 11.9 Å². The van der Waals surface area contributed by atoms with Crippen molar-refractivity contribution in [2.24, 2.45) is 0 Å². The van der Waals surface area contributed by atoms with Gasteiger partial charge in [0, 0.05) is 17.8 Å². The Kier molecular flexibility index (Phi) is 4.01. The fourth-order valence-corrected chi connectivity index (χ4v) is 2.82. The first-order valence-electron chi connectivity index (χ1n) is 8.05. The molecule has 4 nitrogen and oxygen atoms in total. The van der Waals surface area contributed by atoms with E-state index < -0.39 is 0 Å². The zero-order valence-electron chi connectivity index (χ0n) is 13.4. The molecular weight excluding hydrogens is 312 g/mol. The highest BCUT2D eigenvalue weighted by molar-refractivity contribution is 5.94. The number of fused-ring (bicyclic) bond motifs is 1. The van der Waals surface area contributed by atoms with Gasteiger partial charge in [0.2, 0.25) is 0 Å². The predicted molar refractivity (Wildman–Crippen MR) is 96.2 cm³/mol. The van der Waals surface area contributed by atoms with Crippen molar-refractivity contribution in [1.29, 1.82) is 0 Å². The molecule has 0 fully saturated rings. The van der Waals surface area contributed by atoms with Crippen molar-refractivity contribution < 1.29 is 9.21 Å². The van der Waals surface area contributed by atoms with E-state index in [4.69, 9.17) is 4.42 Å². The number of carbonyl (C=O) groups excluding carboxylic acids is 1. The summed E-state index contributed by atoms with van der Waals surface area (Å²) in [5.74, 6) is 0.507. The first-order valence-corrected chi connectivity index (χ1v) is 8.05. The highest BCUT2D eigenvalue weighted by atomic mass is 16.3. The Morgan fingerprint density at radius 2 is 1.76 bits per heavy atom. The lowest BCUT2D eigenvalue weighted by molar-refractivity contribution is 0.0939. The van der Waals surface area contributed by atoms with Crippen LogP contribution in [-0.4, -0.2) is 10.9 Å². The fourth-order valence-electron chi connectivity index (χ4n) is 2.82. The Morgan fingerprint density at radius 3 is 2.52 bits per heavy atom. The maximum absolute atomic E-state index is 12.6. The van der Waals surface area contributed by atoms with Gasteiger partial charge in [-0.2, -0.15) is 0 Å². The summed E-state index contributed by atoms with van der Waals surface area (Å²) in [6.07, 6.45) is 3.20. The first-order chi connectivity index (χ1) is 12.3. The molecule has 1 unspecified atom stereocenters. The molecule has 0 spiro atoms. The van der Waals surface area contributed by atoms with Crippen molar-refractivity contribution in [3.63, 3.8) is 0 Å². The lowest BCUT2D eigenvalue weighted by Crippen LogP contribution is -2.29. The minimum Gasteiger partial charge on any atom is -0.459 e. The zero-order chi connectivity index (χ0) is 17.1. The number of para-hydroxylation sites is 1. The molecule has 4 rings (SSSR count). The number of hydrogen-bond acceptors (Lipinski definition) is 3. The lowest BCUT2D eigenvalue weighted by Gasteiger charge is -2.17. The minimum atomic E-state index is -0.374. The number of pyridine rings is 1. The van der Waals surface area contributed by atoms with E-state index in [1.807, 2.05) is 60.7 Å². The highest BCUT2D eigenvalue weighted by Crippen LogP contribution is 2.28. The van der Waals surface area contributed by atoms with E-state index in [2.05, 4.69) is 10.3 Å². The quantitative estimate of drug-likeness (QED) is 0.606. The third kappa shape index (κ3) is 3.15. The Balaban J connectivity index is 1.73. The summed E-state index contributed by atoms with van der Waals surface area (Å²) < 4.78 is 5.99. The second-order valence-electron chi connectivity index (χ2n) is 5.75. The maximum Gasteiger partial charge on any atom is 0.253 e. The standard InChI is InChI=1S/C21H16N2O2/c24-21(17-10-6-12-22-14-17)23-20(15-7-2-1-3-8-15)19-13-16-9-4-5-11-18(16)25-19/h1-14,20H,(H,23,24). The molecule has 4 heteroatoms. The largest absolute Gasteiger partial charge is 0.459 e. The molecule has 2 aromatic heterocycles. The van der Waals surface area contributed by atoms with Crippen molar-refractivity contribution in [2.75, 3.05) is 0 Å². The second-order valence-corrected chi connectivity index (χ2v) is 5.75. The van der Waals surface area contributed by atoms with Crippen LogP contribution in [0.1, 0.15) is 27.7 Å². The van der Waals surface area contributed by atoms with Crippen LogP contribution in [0.25, 0.3) is 11.0 Å². The molecule has 122 valence electrons. The number of aromatic nitrogens is 1. The van der Waals surface area contributed by atoms with Crippen molar-refractivity contribution in [3.8, 4) is 0 Å². The lowest BCUT2D eigenvalue weighted by atomic mass is 10.0. The molecule has 0 aliphatic carbocycles. The van der Waals surface area contributed by atoms with Gasteiger partial charge in [-0.15, -0.1) is 0 Å². The van der Waals surface area contributed by atoms with Gasteiger partial charge in [0.25, 0.3) is 5.91 Å². The summed E-state index contributed by atoms with van der Waals surface area (Å²) in [6, 6.07) is 22.7. The Labute approximate surface area is 145 Å². The molecule has 1 N–H and O–H groups in total. The zero-order valence-corrected chi connectivity index (χ0v) is 13.4. The van der Waals surface area contributed by atoms with Crippen molar-refractivity contribution >= 4 is 16.9 Å². The molecule has 0 radical (unpaired) electrons. The second kappa shape index (κ2) is 6.61. The van der Waals surface area contributed by atoms with Crippen LogP contribution in [0, 0.1) is 0 Å². The molecule has 0 aliphatic rings. The van der Waals surface area contributed by atoms with Crippen LogP contribution in [0.4, 0.5) is 0 Å². The average Bonchev–Trinajstić information content (AvgIpc) is 3.11. The molecule has 25 heavy (non-hydrogen) atoms. The number of carbonyl (C=O) groups is 1. The summed E-state index contributed by atoms with van der Waals surface area (Å²) in [5, 5.41) is 4.06. The third-order valence-electron chi connectivity index (χ3n) is 4.06. The van der Waals surface area contributed by atoms with E-state index in [0.717, 1.165) is 16.5 Å². The van der Waals surface area contributed by atoms with Crippen LogP contribution >= 0.6 is 0 Å². The summed E-state index contributed by atoms with van der Waals surface area (Å²) in [4.78, 5) is 16.6. The fraction of sp³-hybridized carbons (Fsp3) is 0.0476. The number of benzene rings is 2. The molecule has 1 amide bonds. The molecule has 2 heterocycles. The first kappa shape index (κ1) is 15.1. The van der Waals surface area contributed by atoms with Gasteiger partial charge in [-0.1, -0.05) is 48.5 Å². The summed E-state index contributed by atoms with van der Waals surface area (Å²) in [6.45, 7) is 0. The van der Waals surface area contributed by atoms with Gasteiger partial charge in [-0.3, -0.25) is 9.78 Å². The molecule has 4 aromatic rings. The molecule has 0 aliphatic heterocycles. The number of nitrogens with one attached hydrogen (secondary N) is 1. The van der Waals surface area contributed by atoms with Crippen molar-refractivity contribution in [1.82, 2.24) is 10.3 Å². The van der Waals surface area contributed by atoms with Gasteiger partial charge >= 0.3 is 0 Å². The number of rotatable bonds is 4. The highest BCUT2D eigenvalue weighted by Gasteiger charge is 2.21. The SMILES string of the molecule is O=C(NC(c1ccccc1)c1cc2ccccc2o1)c1cccnc1. The van der Waals surface area contributed by atoms with Gasteiger partial charge in [0.05, 0.1) is 5.56 Å². The Morgan fingerprint density at radius 1 is 0.960 bits per heavy atom. The van der Waals surface area contributed by atoms with Crippen LogP contribution in [0.2, 0.25) is 0 Å². The minimum absolute atomic E-state index is 0.192. The molecule has 1 atom stereocenters. The third-order valence-corrected chi connectivity index (χ3v) is 4.06. The van der Waals surface area contributed by atoms with Crippen LogP contribution in [0.15, 0.2) is 89.6 Å². The van der Waals surface area contributed by atoms with Gasteiger partial charge in [0.1, 0.15) is 17.4 Å². The predicted octanol–water partition coefficient (Wildman–Crippen LogP) is 4.35. The monoisotopic (exact) mass is 328 g/mol. The average molecular weight is 328 g/mol. The molecule has 0 saturated carbocycles. The number of hydrogen-bond donors (Lipinski definition) is 1. The van der Waals surface area contributed by atoms with Gasteiger partial charge < -0.3 is 9.73 Å². The smallest absolute Gasteiger partial charge is 0.253 e. The van der Waals surface area contributed by atoms with E-state index in [1.54, 1.807) is 24.5 Å². The summed E-state index contributed by atoms with van der Waals surface area (Å²) >= 11 is 0. The number of furan rings is 1. The number of amides is 1. The van der Waals surface area contributed by atoms with Gasteiger partial charge in [-0.25, -0.2) is 0 Å². The van der Waals surface area contributed by atoms with Crippen molar-refractivity contribution in [3.05, 3.63) is 102 Å². The topological polar surface area (TPSA) is 55.1 Å². The maximum atomic E-state index is 12.6.